The average molecular weight is 333 g/mol. The smallest absolute Gasteiger partial charge is 0.269 e. The molecule has 1 heterocycles. The van der Waals surface area contributed by atoms with Crippen molar-refractivity contribution in [3.8, 4) is 0 Å². The van der Waals surface area contributed by atoms with Crippen LogP contribution in [0.25, 0.3) is 5.57 Å². The third-order valence-corrected chi connectivity index (χ3v) is 5.17. The number of benzene rings is 1. The van der Waals surface area contributed by atoms with Crippen LogP contribution in [0.2, 0.25) is 0 Å². The summed E-state index contributed by atoms with van der Waals surface area (Å²) >= 11 is 0. The number of hydrogen-bond acceptors (Lipinski definition) is 3. The first kappa shape index (κ1) is 16.5. The van der Waals surface area contributed by atoms with E-state index in [1.54, 1.807) is 0 Å². The van der Waals surface area contributed by atoms with Gasteiger partial charge in [-0.3, -0.25) is 4.79 Å². The van der Waals surface area contributed by atoms with E-state index in [1.165, 1.54) is 19.1 Å². The zero-order valence-corrected chi connectivity index (χ0v) is 12.5. The molecule has 1 aliphatic rings. The predicted molar refractivity (Wildman–Crippen MR) is 75.2 cm³/mol. The summed E-state index contributed by atoms with van der Waals surface area (Å²) in [6.45, 7) is 1.57. The average Bonchev–Trinajstić information content (AvgIpc) is 2.77. The van der Waals surface area contributed by atoms with Crippen LogP contribution < -0.4 is 0 Å². The Labute approximate surface area is 126 Å². The summed E-state index contributed by atoms with van der Waals surface area (Å²) in [7, 11) is -3.59. The van der Waals surface area contributed by atoms with Crippen LogP contribution in [-0.2, 0) is 21.0 Å². The molecule has 0 unspecified atom stereocenters. The molecule has 0 aliphatic carbocycles. The van der Waals surface area contributed by atoms with E-state index in [2.05, 4.69) is 0 Å². The van der Waals surface area contributed by atoms with E-state index in [9.17, 15) is 26.4 Å². The third-order valence-electron chi connectivity index (χ3n) is 3.33. The number of allylic oxidation sites excluding steroid dienone is 1. The van der Waals surface area contributed by atoms with E-state index >= 15 is 0 Å². The van der Waals surface area contributed by atoms with Crippen LogP contribution in [0.1, 0.15) is 24.5 Å². The fraction of sp³-hybridized carbons (Fsp3) is 0.357. The van der Waals surface area contributed by atoms with Crippen LogP contribution in [0.5, 0.6) is 0 Å². The highest BCUT2D eigenvalue weighted by Crippen LogP contribution is 2.31. The monoisotopic (exact) mass is 333 g/mol. The van der Waals surface area contributed by atoms with Gasteiger partial charge in [-0.15, -0.1) is 0 Å². The van der Waals surface area contributed by atoms with Gasteiger partial charge < -0.3 is 0 Å². The number of carbonyl (C=O) groups excluding carboxylic acids is 1. The molecule has 0 bridgehead atoms. The minimum Gasteiger partial charge on any atom is -0.269 e. The highest BCUT2D eigenvalue weighted by molar-refractivity contribution is 7.89. The van der Waals surface area contributed by atoms with Crippen molar-refractivity contribution >= 4 is 21.5 Å². The van der Waals surface area contributed by atoms with Crippen molar-refractivity contribution in [1.82, 2.24) is 4.31 Å². The lowest BCUT2D eigenvalue weighted by Crippen LogP contribution is -2.31. The van der Waals surface area contributed by atoms with E-state index in [-0.39, 0.29) is 23.4 Å². The molecule has 22 heavy (non-hydrogen) atoms. The maximum atomic E-state index is 12.7. The summed E-state index contributed by atoms with van der Waals surface area (Å²) in [5.74, 6) is -0.817. The van der Waals surface area contributed by atoms with Crippen LogP contribution in [0, 0.1) is 0 Å². The van der Waals surface area contributed by atoms with Crippen molar-refractivity contribution in [2.45, 2.75) is 19.5 Å². The first-order valence-electron chi connectivity index (χ1n) is 6.51. The Kier molecular flexibility index (Phi) is 4.32. The first-order chi connectivity index (χ1) is 10.1. The standard InChI is InChI=1S/C14H14F3NO3S/c1-10(8-13(19)18-6-3-7-22(18,20)21)11-4-2-5-12(9-11)14(15,16)17/h2,4-5,8-9H,3,6-7H2,1H3. The Morgan fingerprint density at radius 2 is 2.00 bits per heavy atom. The van der Waals surface area contributed by atoms with Gasteiger partial charge in [0.15, 0.2) is 0 Å². The zero-order valence-electron chi connectivity index (χ0n) is 11.7. The SMILES string of the molecule is CC(=CC(=O)N1CCCS1(=O)=O)c1cccc(C(F)(F)F)c1. The van der Waals surface area contributed by atoms with Crippen LogP contribution in [0.3, 0.4) is 0 Å². The van der Waals surface area contributed by atoms with Gasteiger partial charge in [0.25, 0.3) is 5.91 Å². The minimum absolute atomic E-state index is 0.0881. The van der Waals surface area contributed by atoms with E-state index in [0.29, 0.717) is 6.42 Å². The number of hydrogen-bond donors (Lipinski definition) is 0. The van der Waals surface area contributed by atoms with Crippen LogP contribution >= 0.6 is 0 Å². The molecular weight excluding hydrogens is 319 g/mol. The van der Waals surface area contributed by atoms with Gasteiger partial charge in [-0.25, -0.2) is 12.7 Å². The maximum Gasteiger partial charge on any atom is 0.416 e. The lowest BCUT2D eigenvalue weighted by molar-refractivity contribution is -0.137. The third kappa shape index (κ3) is 3.49. The second-order valence-electron chi connectivity index (χ2n) is 4.99. The molecule has 0 spiro atoms. The molecule has 0 N–H and O–H groups in total. The number of sulfonamides is 1. The zero-order chi connectivity index (χ0) is 16.5. The van der Waals surface area contributed by atoms with E-state index in [1.807, 2.05) is 0 Å². The Balaban J connectivity index is 2.28. The quantitative estimate of drug-likeness (QED) is 0.782. The molecule has 0 atom stereocenters. The summed E-state index contributed by atoms with van der Waals surface area (Å²) in [5.41, 5.74) is -0.322. The number of nitrogens with zero attached hydrogens (tertiary/aromatic N) is 1. The van der Waals surface area contributed by atoms with Gasteiger partial charge >= 0.3 is 6.18 Å². The number of halogens is 3. The van der Waals surface area contributed by atoms with Crippen molar-refractivity contribution in [3.05, 3.63) is 41.5 Å². The van der Waals surface area contributed by atoms with Gasteiger partial charge in [0, 0.05) is 12.6 Å². The Hall–Kier alpha value is -1.83. The van der Waals surface area contributed by atoms with Crippen LogP contribution in [-0.4, -0.2) is 30.9 Å². The Morgan fingerprint density at radius 1 is 1.32 bits per heavy atom. The fourth-order valence-corrected chi connectivity index (χ4v) is 3.62. The van der Waals surface area contributed by atoms with Crippen LogP contribution in [0.15, 0.2) is 30.3 Å². The highest BCUT2D eigenvalue weighted by atomic mass is 32.2. The predicted octanol–water partition coefficient (Wildman–Crippen LogP) is 2.67. The van der Waals surface area contributed by atoms with Crippen molar-refractivity contribution in [3.63, 3.8) is 0 Å². The maximum absolute atomic E-state index is 12.7. The van der Waals surface area contributed by atoms with Gasteiger partial charge in [0.2, 0.25) is 10.0 Å². The molecule has 0 saturated carbocycles. The van der Waals surface area contributed by atoms with Crippen molar-refractivity contribution in [2.24, 2.45) is 0 Å². The molecule has 1 amide bonds. The largest absolute Gasteiger partial charge is 0.416 e. The molecule has 1 saturated heterocycles. The topological polar surface area (TPSA) is 54.5 Å². The van der Waals surface area contributed by atoms with Gasteiger partial charge in [0.05, 0.1) is 11.3 Å². The van der Waals surface area contributed by atoms with Crippen LogP contribution in [0.4, 0.5) is 13.2 Å². The summed E-state index contributed by atoms with van der Waals surface area (Å²) in [5, 5.41) is 0. The number of rotatable bonds is 2. The number of amides is 1. The second-order valence-corrected chi connectivity index (χ2v) is 7.00. The Morgan fingerprint density at radius 3 is 2.55 bits per heavy atom. The summed E-state index contributed by atoms with van der Waals surface area (Å²) < 4.78 is 62.0. The van der Waals surface area contributed by atoms with E-state index < -0.39 is 27.7 Å². The van der Waals surface area contributed by atoms with Crippen molar-refractivity contribution < 1.29 is 26.4 Å². The normalized spacial score (nSPS) is 18.5. The summed E-state index contributed by atoms with van der Waals surface area (Å²) in [6, 6.07) is 4.54. The molecule has 1 aliphatic heterocycles. The highest BCUT2D eigenvalue weighted by Gasteiger charge is 2.32. The van der Waals surface area contributed by atoms with Crippen molar-refractivity contribution in [2.75, 3.05) is 12.3 Å². The lowest BCUT2D eigenvalue weighted by Gasteiger charge is -2.13. The Bertz CT molecular complexity index is 723. The van der Waals surface area contributed by atoms with Gasteiger partial charge in [-0.2, -0.15) is 13.2 Å². The van der Waals surface area contributed by atoms with Gasteiger partial charge in [0.1, 0.15) is 0 Å². The molecule has 1 aromatic rings. The fourth-order valence-electron chi connectivity index (χ4n) is 2.17. The number of alkyl halides is 3. The molecule has 2 rings (SSSR count). The van der Waals surface area contributed by atoms with Gasteiger partial charge in [-0.1, -0.05) is 12.1 Å². The first-order valence-corrected chi connectivity index (χ1v) is 8.12. The molecule has 0 radical (unpaired) electrons. The molecule has 120 valence electrons. The van der Waals surface area contributed by atoms with Gasteiger partial charge in [-0.05, 0) is 36.6 Å². The molecule has 4 nitrogen and oxygen atoms in total. The lowest BCUT2D eigenvalue weighted by atomic mass is 10.0. The summed E-state index contributed by atoms with van der Waals surface area (Å²) in [4.78, 5) is 12.0. The molecule has 8 heteroatoms. The summed E-state index contributed by atoms with van der Waals surface area (Å²) in [6.07, 6.45) is -3.05. The van der Waals surface area contributed by atoms with E-state index in [0.717, 1.165) is 22.5 Å². The minimum atomic E-state index is -4.47. The second kappa shape index (κ2) is 5.75. The van der Waals surface area contributed by atoms with E-state index in [4.69, 9.17) is 0 Å². The molecule has 1 fully saturated rings. The molecule has 0 aromatic heterocycles. The number of carbonyl (C=O) groups is 1. The molecular formula is C14H14F3NO3S. The molecule has 1 aromatic carbocycles. The van der Waals surface area contributed by atoms with Crippen molar-refractivity contribution in [1.29, 1.82) is 0 Å².